The SMILES string of the molecule is CC[C@H](C)[C@H](NC(=O)C(Cc1nc2ccc(C(C)C)cc2s1)NC(C)=O)C(=O)NC(CCCCN)C(N)=O. The van der Waals surface area contributed by atoms with Gasteiger partial charge in [-0.15, -0.1) is 11.3 Å². The number of benzene rings is 1. The molecule has 0 aliphatic heterocycles. The minimum absolute atomic E-state index is 0.180. The average molecular weight is 547 g/mol. The predicted molar refractivity (Wildman–Crippen MR) is 150 cm³/mol. The van der Waals surface area contributed by atoms with Crippen LogP contribution in [0.2, 0.25) is 0 Å². The van der Waals surface area contributed by atoms with Gasteiger partial charge in [0.2, 0.25) is 23.6 Å². The molecular formula is C27H42N6O4S. The van der Waals surface area contributed by atoms with Crippen LogP contribution in [0.3, 0.4) is 0 Å². The largest absolute Gasteiger partial charge is 0.368 e. The van der Waals surface area contributed by atoms with Crippen LogP contribution in [0.25, 0.3) is 10.2 Å². The van der Waals surface area contributed by atoms with Crippen molar-refractivity contribution in [2.24, 2.45) is 17.4 Å². The lowest BCUT2D eigenvalue weighted by Crippen LogP contribution is -2.58. The van der Waals surface area contributed by atoms with Crippen LogP contribution in [-0.4, -0.2) is 53.3 Å². The van der Waals surface area contributed by atoms with E-state index < -0.39 is 35.8 Å². The fourth-order valence-corrected chi connectivity index (χ4v) is 5.12. The molecule has 1 heterocycles. The van der Waals surface area contributed by atoms with Crippen LogP contribution in [-0.2, 0) is 25.6 Å². The molecule has 1 aromatic heterocycles. The Morgan fingerprint density at radius 1 is 1.00 bits per heavy atom. The third-order valence-corrected chi connectivity index (χ3v) is 7.64. The van der Waals surface area contributed by atoms with Gasteiger partial charge in [0, 0.05) is 13.3 Å². The molecule has 0 aliphatic carbocycles. The number of nitrogens with two attached hydrogens (primary N) is 2. The van der Waals surface area contributed by atoms with Gasteiger partial charge in [0.05, 0.1) is 15.2 Å². The van der Waals surface area contributed by atoms with Crippen LogP contribution in [0.1, 0.15) is 76.8 Å². The molecule has 38 heavy (non-hydrogen) atoms. The molecule has 210 valence electrons. The number of aromatic nitrogens is 1. The van der Waals surface area contributed by atoms with E-state index in [9.17, 15) is 19.2 Å². The van der Waals surface area contributed by atoms with Gasteiger partial charge in [-0.05, 0) is 55.3 Å². The Balaban J connectivity index is 2.22. The van der Waals surface area contributed by atoms with Gasteiger partial charge in [0.1, 0.15) is 18.1 Å². The zero-order valence-electron chi connectivity index (χ0n) is 23.0. The van der Waals surface area contributed by atoms with E-state index in [-0.39, 0.29) is 18.2 Å². The number of primary amides is 1. The number of unbranched alkanes of at least 4 members (excludes halogenated alkanes) is 1. The Hall–Kier alpha value is -3.05. The summed E-state index contributed by atoms with van der Waals surface area (Å²) in [4.78, 5) is 55.1. The van der Waals surface area contributed by atoms with E-state index in [1.165, 1.54) is 23.8 Å². The summed E-state index contributed by atoms with van der Waals surface area (Å²) in [6.45, 7) is 9.80. The second-order valence-corrected chi connectivity index (χ2v) is 11.2. The zero-order valence-corrected chi connectivity index (χ0v) is 23.8. The third-order valence-electron chi connectivity index (χ3n) is 6.60. The molecule has 4 amide bonds. The molecule has 0 radical (unpaired) electrons. The standard InChI is InChI=1S/C27H42N6O4S/c1-6-16(4)24(27(37)32-20(25(29)35)9-7-8-12-28)33-26(36)21(30-17(5)34)14-23-31-19-11-10-18(15(2)3)13-22(19)38-23/h10-11,13,15-16,20-21,24H,6-9,12,14,28H2,1-5H3,(H2,29,35)(H,30,34)(H,32,37)(H,33,36)/t16-,20?,21?,24-/m0/s1. The first-order valence-corrected chi connectivity index (χ1v) is 14.0. The Kier molecular flexibility index (Phi) is 12.1. The van der Waals surface area contributed by atoms with Gasteiger partial charge in [-0.25, -0.2) is 4.98 Å². The summed E-state index contributed by atoms with van der Waals surface area (Å²) in [5.41, 5.74) is 13.1. The number of carbonyl (C=O) groups is 4. The molecule has 2 unspecified atom stereocenters. The van der Waals surface area contributed by atoms with Crippen LogP contribution in [0.5, 0.6) is 0 Å². The molecule has 11 heteroatoms. The maximum absolute atomic E-state index is 13.4. The van der Waals surface area contributed by atoms with E-state index in [2.05, 4.69) is 40.8 Å². The molecule has 2 aromatic rings. The molecule has 2 rings (SSSR count). The Bertz CT molecular complexity index is 1120. The summed E-state index contributed by atoms with van der Waals surface area (Å²) in [7, 11) is 0. The monoisotopic (exact) mass is 546 g/mol. The minimum Gasteiger partial charge on any atom is -0.368 e. The van der Waals surface area contributed by atoms with Crippen LogP contribution >= 0.6 is 11.3 Å². The lowest BCUT2D eigenvalue weighted by atomic mass is 9.97. The summed E-state index contributed by atoms with van der Waals surface area (Å²) in [6.07, 6.45) is 2.49. The molecule has 0 aliphatic rings. The van der Waals surface area contributed by atoms with E-state index in [0.29, 0.717) is 43.2 Å². The van der Waals surface area contributed by atoms with Crippen LogP contribution in [0.4, 0.5) is 0 Å². The number of nitrogens with one attached hydrogen (secondary N) is 3. The molecular weight excluding hydrogens is 504 g/mol. The smallest absolute Gasteiger partial charge is 0.243 e. The van der Waals surface area contributed by atoms with Crippen molar-refractivity contribution in [2.45, 2.75) is 90.8 Å². The normalized spacial score (nSPS) is 14.5. The zero-order chi connectivity index (χ0) is 28.4. The number of thiazole rings is 1. The molecule has 1 aromatic carbocycles. The first-order chi connectivity index (χ1) is 18.0. The van der Waals surface area contributed by atoms with Crippen molar-refractivity contribution in [2.75, 3.05) is 6.54 Å². The van der Waals surface area contributed by atoms with Crippen molar-refractivity contribution in [3.8, 4) is 0 Å². The third kappa shape index (κ3) is 9.05. The first kappa shape index (κ1) is 31.2. The lowest BCUT2D eigenvalue weighted by Gasteiger charge is -2.27. The quantitative estimate of drug-likeness (QED) is 0.214. The molecule has 7 N–H and O–H groups in total. The van der Waals surface area contributed by atoms with Crippen molar-refractivity contribution in [1.82, 2.24) is 20.9 Å². The number of rotatable bonds is 15. The highest BCUT2D eigenvalue weighted by Gasteiger charge is 2.32. The number of carbonyl (C=O) groups excluding carboxylic acids is 4. The minimum atomic E-state index is -0.923. The van der Waals surface area contributed by atoms with E-state index >= 15 is 0 Å². The number of amides is 4. The summed E-state index contributed by atoms with van der Waals surface area (Å²) in [5.74, 6) is -1.86. The Morgan fingerprint density at radius 3 is 2.29 bits per heavy atom. The number of nitrogens with zero attached hydrogens (tertiary/aromatic N) is 1. The van der Waals surface area contributed by atoms with Crippen molar-refractivity contribution in [3.05, 3.63) is 28.8 Å². The topological polar surface area (TPSA) is 169 Å². The number of hydrogen-bond acceptors (Lipinski definition) is 7. The van der Waals surface area contributed by atoms with Crippen molar-refractivity contribution in [1.29, 1.82) is 0 Å². The molecule has 0 fully saturated rings. The second-order valence-electron chi connectivity index (χ2n) is 10.1. The molecule has 0 spiro atoms. The molecule has 0 bridgehead atoms. The summed E-state index contributed by atoms with van der Waals surface area (Å²) >= 11 is 1.48. The lowest BCUT2D eigenvalue weighted by molar-refractivity contribution is -0.134. The van der Waals surface area contributed by atoms with E-state index in [0.717, 1.165) is 10.2 Å². The Morgan fingerprint density at radius 2 is 1.71 bits per heavy atom. The van der Waals surface area contributed by atoms with Gasteiger partial charge < -0.3 is 27.4 Å². The highest BCUT2D eigenvalue weighted by atomic mass is 32.1. The first-order valence-electron chi connectivity index (χ1n) is 13.2. The maximum Gasteiger partial charge on any atom is 0.243 e. The molecule has 0 saturated heterocycles. The molecule has 10 nitrogen and oxygen atoms in total. The second kappa shape index (κ2) is 14.8. The summed E-state index contributed by atoms with van der Waals surface area (Å²) in [5, 5.41) is 8.89. The van der Waals surface area contributed by atoms with Gasteiger partial charge in [-0.3, -0.25) is 19.2 Å². The predicted octanol–water partition coefficient (Wildman–Crippen LogP) is 2.10. The van der Waals surface area contributed by atoms with Crippen molar-refractivity contribution < 1.29 is 19.2 Å². The van der Waals surface area contributed by atoms with E-state index in [4.69, 9.17) is 11.5 Å². The molecule has 0 saturated carbocycles. The molecule has 4 atom stereocenters. The fourth-order valence-electron chi connectivity index (χ4n) is 4.06. The van der Waals surface area contributed by atoms with Gasteiger partial charge in [-0.2, -0.15) is 0 Å². The average Bonchev–Trinajstić information content (AvgIpc) is 3.26. The van der Waals surface area contributed by atoms with Crippen molar-refractivity contribution in [3.63, 3.8) is 0 Å². The summed E-state index contributed by atoms with van der Waals surface area (Å²) < 4.78 is 1.01. The highest BCUT2D eigenvalue weighted by molar-refractivity contribution is 7.18. The fraction of sp³-hybridized carbons (Fsp3) is 0.593. The van der Waals surface area contributed by atoms with Gasteiger partial charge in [0.25, 0.3) is 0 Å². The number of fused-ring (bicyclic) bond motifs is 1. The van der Waals surface area contributed by atoms with Crippen molar-refractivity contribution >= 4 is 45.2 Å². The van der Waals surface area contributed by atoms with E-state index in [1.54, 1.807) is 0 Å². The van der Waals surface area contributed by atoms with Gasteiger partial charge in [0.15, 0.2) is 0 Å². The summed E-state index contributed by atoms with van der Waals surface area (Å²) in [6, 6.07) is 3.41. The van der Waals surface area contributed by atoms with Crippen LogP contribution < -0.4 is 27.4 Å². The van der Waals surface area contributed by atoms with Gasteiger partial charge in [-0.1, -0.05) is 40.2 Å². The van der Waals surface area contributed by atoms with Crippen LogP contribution in [0, 0.1) is 5.92 Å². The highest BCUT2D eigenvalue weighted by Crippen LogP contribution is 2.27. The number of hydrogen-bond donors (Lipinski definition) is 5. The van der Waals surface area contributed by atoms with E-state index in [1.807, 2.05) is 26.0 Å². The van der Waals surface area contributed by atoms with Crippen LogP contribution in [0.15, 0.2) is 18.2 Å². The maximum atomic E-state index is 13.4. The Labute approximate surface area is 228 Å². The van der Waals surface area contributed by atoms with Gasteiger partial charge >= 0.3 is 0 Å².